The third kappa shape index (κ3) is 2.91. The molecule has 0 saturated carbocycles. The minimum Gasteiger partial charge on any atom is -0.341 e. The molecule has 1 aromatic carbocycles. The lowest BCUT2D eigenvalue weighted by atomic mass is 10.1. The molecule has 0 spiro atoms. The minimum absolute atomic E-state index is 0.0891. The smallest absolute Gasteiger partial charge is 0.277 e. The maximum absolute atomic E-state index is 12.5. The Bertz CT molecular complexity index is 818. The SMILES string of the molecule is O=C(CCn1nnc2ccccc2c1=O)N1CCC2CCC(C1)N2. The van der Waals surface area contributed by atoms with Crippen LogP contribution in [0, 0.1) is 0 Å². The highest BCUT2D eigenvalue weighted by molar-refractivity contribution is 5.77. The van der Waals surface area contributed by atoms with Crippen molar-refractivity contribution >= 4 is 16.8 Å². The summed E-state index contributed by atoms with van der Waals surface area (Å²) < 4.78 is 1.29. The fourth-order valence-corrected chi connectivity index (χ4v) is 3.70. The van der Waals surface area contributed by atoms with E-state index in [1.54, 1.807) is 18.2 Å². The molecule has 126 valence electrons. The molecule has 2 unspecified atom stereocenters. The Kier molecular flexibility index (Phi) is 4.02. The molecule has 1 aromatic heterocycles. The topological polar surface area (TPSA) is 80.1 Å². The van der Waals surface area contributed by atoms with Crippen molar-refractivity contribution in [2.75, 3.05) is 13.1 Å². The fraction of sp³-hybridized carbons (Fsp3) is 0.529. The minimum atomic E-state index is -0.190. The number of likely N-dealkylation sites (tertiary alicyclic amines) is 1. The van der Waals surface area contributed by atoms with Crippen LogP contribution in [0.15, 0.2) is 29.1 Å². The fourth-order valence-electron chi connectivity index (χ4n) is 3.70. The Morgan fingerprint density at radius 1 is 1.21 bits per heavy atom. The Hall–Kier alpha value is -2.28. The standard InChI is InChI=1S/C17H21N5O2/c23-16(21-9-7-12-5-6-13(11-21)18-12)8-10-22-17(24)14-3-1-2-4-15(14)19-20-22/h1-4,12-13,18H,5-11H2. The zero-order chi connectivity index (χ0) is 16.5. The van der Waals surface area contributed by atoms with Crippen molar-refractivity contribution in [3.8, 4) is 0 Å². The lowest BCUT2D eigenvalue weighted by Gasteiger charge is -2.24. The first-order valence-corrected chi connectivity index (χ1v) is 8.57. The molecule has 1 amide bonds. The molecule has 0 aliphatic carbocycles. The molecular formula is C17H21N5O2. The highest BCUT2D eigenvalue weighted by Crippen LogP contribution is 2.20. The van der Waals surface area contributed by atoms with E-state index in [4.69, 9.17) is 0 Å². The van der Waals surface area contributed by atoms with Gasteiger partial charge >= 0.3 is 0 Å². The number of fused-ring (bicyclic) bond motifs is 3. The van der Waals surface area contributed by atoms with Gasteiger partial charge in [-0.1, -0.05) is 17.3 Å². The van der Waals surface area contributed by atoms with Crippen LogP contribution in [0.2, 0.25) is 0 Å². The van der Waals surface area contributed by atoms with Gasteiger partial charge < -0.3 is 10.2 Å². The van der Waals surface area contributed by atoms with Crippen LogP contribution in [0.1, 0.15) is 25.7 Å². The third-order valence-corrected chi connectivity index (χ3v) is 5.04. The van der Waals surface area contributed by atoms with Crippen molar-refractivity contribution in [3.05, 3.63) is 34.6 Å². The van der Waals surface area contributed by atoms with Gasteiger partial charge in [-0.2, -0.15) is 0 Å². The molecule has 2 aliphatic rings. The van der Waals surface area contributed by atoms with E-state index in [2.05, 4.69) is 15.6 Å². The summed E-state index contributed by atoms with van der Waals surface area (Å²) in [7, 11) is 0. The van der Waals surface area contributed by atoms with Gasteiger partial charge in [0.2, 0.25) is 5.91 Å². The van der Waals surface area contributed by atoms with Gasteiger partial charge in [-0.15, -0.1) is 5.10 Å². The molecule has 7 heteroatoms. The maximum Gasteiger partial charge on any atom is 0.277 e. The number of aryl methyl sites for hydroxylation is 1. The van der Waals surface area contributed by atoms with Gasteiger partial charge in [0.25, 0.3) is 5.56 Å². The molecule has 4 rings (SSSR count). The van der Waals surface area contributed by atoms with E-state index < -0.39 is 0 Å². The van der Waals surface area contributed by atoms with Crippen LogP contribution in [0.3, 0.4) is 0 Å². The number of rotatable bonds is 3. The molecular weight excluding hydrogens is 306 g/mol. The summed E-state index contributed by atoms with van der Waals surface area (Å²) in [5.74, 6) is 0.0891. The lowest BCUT2D eigenvalue weighted by Crippen LogP contribution is -2.39. The van der Waals surface area contributed by atoms with Gasteiger partial charge in [0.15, 0.2) is 0 Å². The van der Waals surface area contributed by atoms with E-state index in [-0.39, 0.29) is 24.4 Å². The first-order valence-electron chi connectivity index (χ1n) is 8.57. The summed E-state index contributed by atoms with van der Waals surface area (Å²) >= 11 is 0. The van der Waals surface area contributed by atoms with Gasteiger partial charge in [0.1, 0.15) is 5.52 Å². The lowest BCUT2D eigenvalue weighted by molar-refractivity contribution is -0.131. The Labute approximate surface area is 139 Å². The molecule has 7 nitrogen and oxygen atoms in total. The average molecular weight is 327 g/mol. The van der Waals surface area contributed by atoms with Crippen LogP contribution in [0.4, 0.5) is 0 Å². The van der Waals surface area contributed by atoms with E-state index >= 15 is 0 Å². The van der Waals surface area contributed by atoms with Crippen molar-refractivity contribution in [3.63, 3.8) is 0 Å². The van der Waals surface area contributed by atoms with Gasteiger partial charge in [-0.3, -0.25) is 9.59 Å². The molecule has 2 atom stereocenters. The van der Waals surface area contributed by atoms with E-state index in [1.807, 2.05) is 11.0 Å². The normalized spacial score (nSPS) is 23.4. The van der Waals surface area contributed by atoms with Crippen LogP contribution >= 0.6 is 0 Å². The van der Waals surface area contributed by atoms with Crippen LogP contribution in [-0.4, -0.2) is 51.0 Å². The number of nitrogens with one attached hydrogen (secondary N) is 1. The molecule has 2 bridgehead atoms. The van der Waals surface area contributed by atoms with Crippen molar-refractivity contribution in [2.45, 2.75) is 44.3 Å². The second kappa shape index (κ2) is 6.32. The second-order valence-corrected chi connectivity index (χ2v) is 6.65. The number of carbonyl (C=O) groups is 1. The Morgan fingerprint density at radius 2 is 2.04 bits per heavy atom. The van der Waals surface area contributed by atoms with Gasteiger partial charge in [0.05, 0.1) is 11.9 Å². The summed E-state index contributed by atoms with van der Waals surface area (Å²) in [5.41, 5.74) is 0.393. The number of hydrogen-bond acceptors (Lipinski definition) is 5. The third-order valence-electron chi connectivity index (χ3n) is 5.04. The van der Waals surface area contributed by atoms with Crippen molar-refractivity contribution in [1.29, 1.82) is 0 Å². The Balaban J connectivity index is 1.44. The first kappa shape index (κ1) is 15.3. The molecule has 2 saturated heterocycles. The van der Waals surface area contributed by atoms with Crippen LogP contribution in [0.5, 0.6) is 0 Å². The molecule has 1 N–H and O–H groups in total. The molecule has 2 aromatic rings. The predicted octanol–water partition coefficient (Wildman–Crippen LogP) is 0.534. The van der Waals surface area contributed by atoms with E-state index in [9.17, 15) is 9.59 Å². The summed E-state index contributed by atoms with van der Waals surface area (Å²) in [6, 6.07) is 8.11. The molecule has 3 heterocycles. The number of aromatic nitrogens is 3. The number of benzene rings is 1. The second-order valence-electron chi connectivity index (χ2n) is 6.65. The highest BCUT2D eigenvalue weighted by atomic mass is 16.2. The number of carbonyl (C=O) groups excluding carboxylic acids is 1. The molecule has 2 aliphatic heterocycles. The maximum atomic E-state index is 12.5. The van der Waals surface area contributed by atoms with Crippen LogP contribution in [0.25, 0.3) is 10.9 Å². The summed E-state index contributed by atoms with van der Waals surface area (Å²) in [4.78, 5) is 26.8. The van der Waals surface area contributed by atoms with Crippen LogP contribution in [-0.2, 0) is 11.3 Å². The summed E-state index contributed by atoms with van der Waals surface area (Å²) in [6.07, 6.45) is 3.65. The monoisotopic (exact) mass is 327 g/mol. The largest absolute Gasteiger partial charge is 0.341 e. The zero-order valence-corrected chi connectivity index (χ0v) is 13.5. The van der Waals surface area contributed by atoms with E-state index in [0.29, 0.717) is 23.0 Å². The van der Waals surface area contributed by atoms with Gasteiger partial charge in [-0.25, -0.2) is 4.68 Å². The van der Waals surface area contributed by atoms with Crippen molar-refractivity contribution < 1.29 is 4.79 Å². The number of nitrogens with zero attached hydrogens (tertiary/aromatic N) is 4. The van der Waals surface area contributed by atoms with E-state index in [1.165, 1.54) is 11.1 Å². The summed E-state index contributed by atoms with van der Waals surface area (Å²) in [6.45, 7) is 1.84. The van der Waals surface area contributed by atoms with E-state index in [0.717, 1.165) is 25.9 Å². The first-order chi connectivity index (χ1) is 11.7. The predicted molar refractivity (Wildman–Crippen MR) is 89.6 cm³/mol. The van der Waals surface area contributed by atoms with Crippen molar-refractivity contribution in [1.82, 2.24) is 25.2 Å². The average Bonchev–Trinajstić information content (AvgIpc) is 2.93. The summed E-state index contributed by atoms with van der Waals surface area (Å²) in [5, 5.41) is 12.1. The quantitative estimate of drug-likeness (QED) is 0.890. The highest BCUT2D eigenvalue weighted by Gasteiger charge is 2.30. The van der Waals surface area contributed by atoms with Gasteiger partial charge in [0, 0.05) is 31.6 Å². The van der Waals surface area contributed by atoms with Crippen LogP contribution < -0.4 is 10.9 Å². The number of amides is 1. The zero-order valence-electron chi connectivity index (χ0n) is 13.5. The molecule has 0 radical (unpaired) electrons. The van der Waals surface area contributed by atoms with Gasteiger partial charge in [-0.05, 0) is 31.4 Å². The Morgan fingerprint density at radius 3 is 2.96 bits per heavy atom. The number of hydrogen-bond donors (Lipinski definition) is 1. The van der Waals surface area contributed by atoms with Crippen molar-refractivity contribution in [2.24, 2.45) is 0 Å². The molecule has 2 fully saturated rings. The molecule has 24 heavy (non-hydrogen) atoms.